The van der Waals surface area contributed by atoms with Crippen LogP contribution in [0, 0.1) is 13.8 Å². The lowest BCUT2D eigenvalue weighted by Crippen LogP contribution is -2.47. The number of aryl methyl sites for hydroxylation is 3. The average Bonchev–Trinajstić information content (AvgIpc) is 3.45. The van der Waals surface area contributed by atoms with Gasteiger partial charge in [-0.1, -0.05) is 11.3 Å². The summed E-state index contributed by atoms with van der Waals surface area (Å²) in [6.07, 6.45) is 6.96. The van der Waals surface area contributed by atoms with Gasteiger partial charge < -0.3 is 25.2 Å². The Morgan fingerprint density at radius 2 is 2.00 bits per heavy atom. The van der Waals surface area contributed by atoms with E-state index in [0.717, 1.165) is 5.56 Å². The summed E-state index contributed by atoms with van der Waals surface area (Å²) in [5.74, 6) is 0.977. The van der Waals surface area contributed by atoms with Gasteiger partial charge in [0.25, 0.3) is 11.8 Å². The molecule has 0 spiro atoms. The van der Waals surface area contributed by atoms with E-state index < -0.39 is 6.04 Å². The summed E-state index contributed by atoms with van der Waals surface area (Å²) in [4.78, 5) is 52.5. The van der Waals surface area contributed by atoms with Crippen LogP contribution in [0.4, 0.5) is 5.95 Å². The first-order valence-corrected chi connectivity index (χ1v) is 16.1. The molecule has 1 atom stereocenters. The fraction of sp³-hybridized carbons (Fsp3) is 0.500. The number of nitrogens with one attached hydrogen (secondary N) is 2. The smallest absolute Gasteiger partial charge is 0.257 e. The van der Waals surface area contributed by atoms with E-state index >= 15 is 0 Å². The lowest BCUT2D eigenvalue weighted by atomic mass is 10.1. The maximum absolute atomic E-state index is 13.7. The van der Waals surface area contributed by atoms with Crippen LogP contribution in [0.15, 0.2) is 30.6 Å². The molecule has 0 fully saturated rings. The number of rotatable bonds is 5. The standard InChI is InChI=1S/C30H41N9O4S/c1-20-8-9-23-16-24(20)27(40)34-26(10-15-44-5)28(41)31-11-6-12-38(18-22-19-39(36-35-22)13-7-14-43-23)29(42)25-17-32-30(37(3)4)33-21(25)2/h8-9,16-17,19,26H,6-7,10-15,18H2,1-5H3,(H,31,41)(H,34,40)/t26-/m0/s1. The van der Waals surface area contributed by atoms with E-state index in [2.05, 4.69) is 30.9 Å². The Kier molecular flexibility index (Phi) is 11.5. The average molecular weight is 624 g/mol. The summed E-state index contributed by atoms with van der Waals surface area (Å²) in [5, 5.41) is 14.4. The molecule has 0 saturated heterocycles. The van der Waals surface area contributed by atoms with Crippen LogP contribution < -0.4 is 20.3 Å². The zero-order valence-corrected chi connectivity index (χ0v) is 26.8. The van der Waals surface area contributed by atoms with Gasteiger partial charge in [0.2, 0.25) is 11.9 Å². The van der Waals surface area contributed by atoms with Crippen molar-refractivity contribution in [2.24, 2.45) is 0 Å². The highest BCUT2D eigenvalue weighted by atomic mass is 32.2. The van der Waals surface area contributed by atoms with Crippen molar-refractivity contribution in [3.8, 4) is 5.75 Å². The highest BCUT2D eigenvalue weighted by molar-refractivity contribution is 7.98. The lowest BCUT2D eigenvalue weighted by Gasteiger charge is -2.23. The largest absolute Gasteiger partial charge is 0.494 e. The minimum atomic E-state index is -0.702. The van der Waals surface area contributed by atoms with E-state index in [1.165, 1.54) is 0 Å². The van der Waals surface area contributed by atoms with Gasteiger partial charge in [0.15, 0.2) is 0 Å². The normalized spacial score (nSPS) is 16.8. The van der Waals surface area contributed by atoms with Gasteiger partial charge in [0.1, 0.15) is 17.5 Å². The number of amides is 3. The number of nitrogens with zero attached hydrogens (tertiary/aromatic N) is 7. The van der Waals surface area contributed by atoms with Crippen LogP contribution in [0.2, 0.25) is 0 Å². The van der Waals surface area contributed by atoms with Gasteiger partial charge in [-0.25, -0.2) is 9.97 Å². The van der Waals surface area contributed by atoms with Crippen LogP contribution >= 0.6 is 11.8 Å². The number of hydrogen-bond acceptors (Lipinski definition) is 10. The van der Waals surface area contributed by atoms with Crippen molar-refractivity contribution in [3.05, 3.63) is 58.7 Å². The van der Waals surface area contributed by atoms with Gasteiger partial charge in [-0.05, 0) is 56.4 Å². The molecule has 0 unspecified atom stereocenters. The highest BCUT2D eigenvalue weighted by Crippen LogP contribution is 2.19. The van der Waals surface area contributed by atoms with Crippen molar-refractivity contribution < 1.29 is 19.1 Å². The molecule has 236 valence electrons. The molecule has 44 heavy (non-hydrogen) atoms. The fourth-order valence-electron chi connectivity index (χ4n) is 4.72. The molecular weight excluding hydrogens is 582 g/mol. The number of anilines is 1. The molecule has 3 aromatic rings. The van der Waals surface area contributed by atoms with Crippen LogP contribution in [0.3, 0.4) is 0 Å². The molecular formula is C30H41N9O4S. The zero-order valence-electron chi connectivity index (χ0n) is 26.0. The maximum atomic E-state index is 13.7. The molecule has 1 aromatic carbocycles. The molecule has 4 bridgehead atoms. The molecule has 2 N–H and O–H groups in total. The van der Waals surface area contributed by atoms with Crippen molar-refractivity contribution >= 4 is 35.4 Å². The number of aromatic nitrogens is 5. The predicted molar refractivity (Wildman–Crippen MR) is 169 cm³/mol. The van der Waals surface area contributed by atoms with Crippen molar-refractivity contribution in [3.63, 3.8) is 0 Å². The minimum Gasteiger partial charge on any atom is -0.494 e. The van der Waals surface area contributed by atoms with Crippen LogP contribution in [0.25, 0.3) is 0 Å². The number of carbonyl (C=O) groups is 3. The number of ether oxygens (including phenoxy) is 1. The Labute approximate surface area is 262 Å². The second-order valence-electron chi connectivity index (χ2n) is 10.9. The molecule has 2 aromatic heterocycles. The summed E-state index contributed by atoms with van der Waals surface area (Å²) in [5.41, 5.74) is 2.87. The Bertz CT molecular complexity index is 1460. The molecule has 0 saturated carbocycles. The first-order valence-electron chi connectivity index (χ1n) is 14.7. The number of fused-ring (bicyclic) bond motifs is 4. The van der Waals surface area contributed by atoms with Crippen molar-refractivity contribution in [1.82, 2.24) is 40.5 Å². The Balaban J connectivity index is 1.56. The van der Waals surface area contributed by atoms with Crippen LogP contribution in [0.5, 0.6) is 5.75 Å². The van der Waals surface area contributed by atoms with E-state index in [1.807, 2.05) is 45.6 Å². The van der Waals surface area contributed by atoms with Crippen LogP contribution in [-0.2, 0) is 17.9 Å². The third-order valence-corrected chi connectivity index (χ3v) is 7.86. The molecule has 1 aliphatic heterocycles. The number of thioether (sulfide) groups is 1. The van der Waals surface area contributed by atoms with E-state index in [0.29, 0.717) is 85.5 Å². The van der Waals surface area contributed by atoms with Gasteiger partial charge in [0, 0.05) is 51.9 Å². The van der Waals surface area contributed by atoms with Crippen molar-refractivity contribution in [1.29, 1.82) is 0 Å². The summed E-state index contributed by atoms with van der Waals surface area (Å²) in [7, 11) is 3.68. The molecule has 1 aliphatic rings. The van der Waals surface area contributed by atoms with Gasteiger partial charge in [-0.2, -0.15) is 11.8 Å². The summed E-state index contributed by atoms with van der Waals surface area (Å²) in [6.45, 7) is 5.52. The first kappa shape index (κ1) is 32.7. The van der Waals surface area contributed by atoms with E-state index in [9.17, 15) is 14.4 Å². The van der Waals surface area contributed by atoms with Crippen LogP contribution in [0.1, 0.15) is 56.9 Å². The SMILES string of the molecule is CSCC[C@@H]1NC(=O)c2cc(ccc2C)OCCCn2cc(nn2)CN(C(=O)c2cnc(N(C)C)nc2C)CCCNC1=O. The Morgan fingerprint density at radius 3 is 2.75 bits per heavy atom. The quantitative estimate of drug-likeness (QED) is 0.434. The third kappa shape index (κ3) is 8.68. The monoisotopic (exact) mass is 623 g/mol. The summed E-state index contributed by atoms with van der Waals surface area (Å²) in [6, 6.07) is 4.68. The molecule has 13 nitrogen and oxygen atoms in total. The van der Waals surface area contributed by atoms with E-state index in [-0.39, 0.29) is 24.3 Å². The summed E-state index contributed by atoms with van der Waals surface area (Å²) < 4.78 is 7.66. The molecule has 0 aliphatic carbocycles. The zero-order chi connectivity index (χ0) is 31.6. The van der Waals surface area contributed by atoms with Gasteiger partial charge in [-0.15, -0.1) is 5.10 Å². The second-order valence-corrected chi connectivity index (χ2v) is 11.9. The predicted octanol–water partition coefficient (Wildman–Crippen LogP) is 2.23. The van der Waals surface area contributed by atoms with Crippen LogP contribution in [-0.4, -0.2) is 99.4 Å². The third-order valence-electron chi connectivity index (χ3n) is 7.21. The molecule has 3 heterocycles. The molecule has 3 amide bonds. The van der Waals surface area contributed by atoms with E-state index in [1.54, 1.807) is 45.4 Å². The molecule has 0 radical (unpaired) electrons. The Morgan fingerprint density at radius 1 is 1.18 bits per heavy atom. The second kappa shape index (κ2) is 15.5. The number of carbonyl (C=O) groups excluding carboxylic acids is 3. The molecule has 4 rings (SSSR count). The minimum absolute atomic E-state index is 0.231. The van der Waals surface area contributed by atoms with Gasteiger partial charge in [0.05, 0.1) is 30.6 Å². The van der Waals surface area contributed by atoms with Crippen molar-refractivity contribution in [2.75, 3.05) is 50.7 Å². The van der Waals surface area contributed by atoms with Gasteiger partial charge >= 0.3 is 0 Å². The molecule has 14 heteroatoms. The fourth-order valence-corrected chi connectivity index (χ4v) is 5.19. The lowest BCUT2D eigenvalue weighted by molar-refractivity contribution is -0.123. The Hall–Kier alpha value is -4.20. The first-order chi connectivity index (χ1) is 21.2. The van der Waals surface area contributed by atoms with Gasteiger partial charge in [-0.3, -0.25) is 19.1 Å². The number of hydrogen-bond donors (Lipinski definition) is 2. The topological polar surface area (TPSA) is 147 Å². The highest BCUT2D eigenvalue weighted by Gasteiger charge is 2.24. The maximum Gasteiger partial charge on any atom is 0.257 e. The number of benzene rings is 1. The van der Waals surface area contributed by atoms with E-state index in [4.69, 9.17) is 4.74 Å². The summed E-state index contributed by atoms with van der Waals surface area (Å²) >= 11 is 1.61. The van der Waals surface area contributed by atoms with Crippen molar-refractivity contribution in [2.45, 2.75) is 52.2 Å².